The van der Waals surface area contributed by atoms with Gasteiger partial charge in [0.2, 0.25) is 0 Å². The Kier molecular flexibility index (Phi) is 3.72. The molecule has 5 nitrogen and oxygen atoms in total. The minimum absolute atomic E-state index is 0.0439. The van der Waals surface area contributed by atoms with Gasteiger partial charge in [-0.25, -0.2) is 4.57 Å². The second kappa shape index (κ2) is 4.29. The molecule has 0 aromatic carbocycles. The lowest BCUT2D eigenvalue weighted by Gasteiger charge is -2.33. The number of phosphoric ester groups is 1. The molecule has 1 unspecified atom stereocenters. The Morgan fingerprint density at radius 3 is 2.43 bits per heavy atom. The first-order chi connectivity index (χ1) is 6.33. The molecule has 0 aromatic heterocycles. The van der Waals surface area contributed by atoms with Crippen molar-refractivity contribution in [2.75, 3.05) is 19.8 Å². The first kappa shape index (κ1) is 12.1. The van der Waals surface area contributed by atoms with Gasteiger partial charge in [-0.05, 0) is 6.92 Å². The molecule has 1 saturated heterocycles. The van der Waals surface area contributed by atoms with Crippen LogP contribution in [0.2, 0.25) is 0 Å². The molecule has 0 saturated carbocycles. The zero-order valence-electron chi connectivity index (χ0n) is 8.73. The second-order valence-corrected chi connectivity index (χ2v) is 5.97. The highest BCUT2D eigenvalue weighted by Gasteiger charge is 2.38. The normalized spacial score (nSPS) is 27.1. The lowest BCUT2D eigenvalue weighted by Crippen LogP contribution is -2.30. The van der Waals surface area contributed by atoms with Gasteiger partial charge in [0.15, 0.2) is 0 Å². The van der Waals surface area contributed by atoms with Crippen LogP contribution in [0.1, 0.15) is 20.8 Å². The van der Waals surface area contributed by atoms with Crippen LogP contribution in [0.25, 0.3) is 0 Å². The van der Waals surface area contributed by atoms with Crippen molar-refractivity contribution >= 4 is 7.82 Å². The van der Waals surface area contributed by atoms with Gasteiger partial charge in [0.1, 0.15) is 0 Å². The highest BCUT2D eigenvalue weighted by atomic mass is 31.2. The molecule has 1 rings (SSSR count). The second-order valence-electron chi connectivity index (χ2n) is 4.30. The molecular formula is C8H17O5P. The predicted molar refractivity (Wildman–Crippen MR) is 50.9 cm³/mol. The average Bonchev–Trinajstić information content (AvgIpc) is 2.08. The molecular weight excluding hydrogens is 207 g/mol. The summed E-state index contributed by atoms with van der Waals surface area (Å²) < 4.78 is 26.6. The summed E-state index contributed by atoms with van der Waals surface area (Å²) in [6, 6.07) is 0. The van der Waals surface area contributed by atoms with E-state index in [1.807, 2.05) is 13.8 Å². The fourth-order valence-electron chi connectivity index (χ4n) is 0.860. The largest absolute Gasteiger partial charge is 0.474 e. The molecule has 0 radical (unpaired) electrons. The third-order valence-electron chi connectivity index (χ3n) is 1.70. The maximum Gasteiger partial charge on any atom is 0.474 e. The zero-order valence-corrected chi connectivity index (χ0v) is 9.62. The van der Waals surface area contributed by atoms with Crippen LogP contribution in [0.5, 0.6) is 0 Å². The summed E-state index contributed by atoms with van der Waals surface area (Å²) in [5.41, 5.74) is -0.137. The lowest BCUT2D eigenvalue weighted by molar-refractivity contribution is -0.00918. The fourth-order valence-corrected chi connectivity index (χ4v) is 2.50. The van der Waals surface area contributed by atoms with Crippen molar-refractivity contribution in [2.24, 2.45) is 5.41 Å². The minimum atomic E-state index is -3.41. The van der Waals surface area contributed by atoms with E-state index in [-0.39, 0.29) is 12.0 Å². The molecule has 0 amide bonds. The third kappa shape index (κ3) is 3.67. The van der Waals surface area contributed by atoms with E-state index in [1.165, 1.54) is 0 Å². The molecule has 0 spiro atoms. The molecule has 1 heterocycles. The van der Waals surface area contributed by atoms with Gasteiger partial charge < -0.3 is 5.11 Å². The molecule has 0 aliphatic carbocycles. The summed E-state index contributed by atoms with van der Waals surface area (Å²) in [5.74, 6) is 0. The van der Waals surface area contributed by atoms with Crippen molar-refractivity contribution in [1.29, 1.82) is 0 Å². The molecule has 1 atom stereocenters. The number of aliphatic hydroxyl groups excluding tert-OH is 1. The van der Waals surface area contributed by atoms with Crippen LogP contribution in [-0.4, -0.2) is 31.0 Å². The molecule has 6 heteroatoms. The quantitative estimate of drug-likeness (QED) is 0.737. The molecule has 84 valence electrons. The summed E-state index contributed by atoms with van der Waals surface area (Å²) in [4.78, 5) is 0. The van der Waals surface area contributed by atoms with Crippen molar-refractivity contribution in [3.63, 3.8) is 0 Å². The topological polar surface area (TPSA) is 65.0 Å². The Labute approximate surface area is 84.0 Å². The third-order valence-corrected chi connectivity index (χ3v) is 3.06. The summed E-state index contributed by atoms with van der Waals surface area (Å²) in [7, 11) is -3.41. The van der Waals surface area contributed by atoms with Gasteiger partial charge in [0, 0.05) is 5.41 Å². The van der Waals surface area contributed by atoms with Gasteiger partial charge in [-0.1, -0.05) is 13.8 Å². The van der Waals surface area contributed by atoms with Gasteiger partial charge in [0.25, 0.3) is 0 Å². The van der Waals surface area contributed by atoms with Crippen LogP contribution in [0.15, 0.2) is 0 Å². The fraction of sp³-hybridized carbons (Fsp3) is 1.00. The van der Waals surface area contributed by atoms with Crippen molar-refractivity contribution in [2.45, 2.75) is 26.9 Å². The smallest absolute Gasteiger partial charge is 0.391 e. The van der Waals surface area contributed by atoms with E-state index in [1.54, 1.807) is 6.92 Å². The molecule has 1 fully saturated rings. The zero-order chi connectivity index (χ0) is 10.8. The summed E-state index contributed by atoms with van der Waals surface area (Å²) in [6.07, 6.45) is -0.678. The lowest BCUT2D eigenvalue weighted by atomic mass is 9.97. The molecule has 1 N–H and O–H groups in total. The Hall–Kier alpha value is 0.0700. The van der Waals surface area contributed by atoms with Crippen LogP contribution in [-0.2, 0) is 18.1 Å². The predicted octanol–water partition coefficient (Wildman–Crippen LogP) is 1.56. The maximum atomic E-state index is 11.6. The Bertz CT molecular complexity index is 216. The van der Waals surface area contributed by atoms with Crippen LogP contribution >= 0.6 is 7.82 Å². The molecule has 14 heavy (non-hydrogen) atoms. The monoisotopic (exact) mass is 224 g/mol. The minimum Gasteiger partial charge on any atom is -0.391 e. The Morgan fingerprint density at radius 2 is 2.00 bits per heavy atom. The van der Waals surface area contributed by atoms with Crippen LogP contribution in [0, 0.1) is 5.41 Å². The van der Waals surface area contributed by atoms with Gasteiger partial charge in [-0.3, -0.25) is 13.6 Å². The SMILES string of the molecule is CC(O)COP1(=O)OCC(C)(C)CO1. The maximum absolute atomic E-state index is 11.6. The number of rotatable bonds is 3. The first-order valence-electron chi connectivity index (χ1n) is 4.55. The Balaban J connectivity index is 2.42. The van der Waals surface area contributed by atoms with Crippen molar-refractivity contribution in [3.05, 3.63) is 0 Å². The van der Waals surface area contributed by atoms with Crippen LogP contribution in [0.4, 0.5) is 0 Å². The highest BCUT2D eigenvalue weighted by Crippen LogP contribution is 2.54. The average molecular weight is 224 g/mol. The van der Waals surface area contributed by atoms with Crippen molar-refractivity contribution in [1.82, 2.24) is 0 Å². The van der Waals surface area contributed by atoms with E-state index >= 15 is 0 Å². The van der Waals surface area contributed by atoms with E-state index in [2.05, 4.69) is 0 Å². The number of hydrogen-bond acceptors (Lipinski definition) is 5. The Morgan fingerprint density at radius 1 is 1.50 bits per heavy atom. The van der Waals surface area contributed by atoms with Gasteiger partial charge in [-0.15, -0.1) is 0 Å². The van der Waals surface area contributed by atoms with Crippen LogP contribution < -0.4 is 0 Å². The molecule has 1 aliphatic rings. The van der Waals surface area contributed by atoms with Crippen molar-refractivity contribution < 1.29 is 23.2 Å². The number of phosphoric acid groups is 1. The van der Waals surface area contributed by atoms with E-state index in [0.29, 0.717) is 13.2 Å². The number of aliphatic hydroxyl groups is 1. The standard InChI is InChI=1S/C8H17O5P/c1-7(9)4-11-14(10)12-5-8(2,3)6-13-14/h7,9H,4-6H2,1-3H3. The molecule has 0 bridgehead atoms. The van der Waals surface area contributed by atoms with Crippen molar-refractivity contribution in [3.8, 4) is 0 Å². The highest BCUT2D eigenvalue weighted by molar-refractivity contribution is 7.48. The van der Waals surface area contributed by atoms with Gasteiger partial charge in [0.05, 0.1) is 25.9 Å². The first-order valence-corrected chi connectivity index (χ1v) is 6.01. The number of hydrogen-bond donors (Lipinski definition) is 1. The molecule has 0 aromatic rings. The van der Waals surface area contributed by atoms with Gasteiger partial charge >= 0.3 is 7.82 Å². The van der Waals surface area contributed by atoms with Gasteiger partial charge in [-0.2, -0.15) is 0 Å². The summed E-state index contributed by atoms with van der Waals surface area (Å²) in [5, 5.41) is 8.94. The molecule has 1 aliphatic heterocycles. The van der Waals surface area contributed by atoms with E-state index < -0.39 is 13.9 Å². The van der Waals surface area contributed by atoms with E-state index in [9.17, 15) is 4.57 Å². The summed E-state index contributed by atoms with van der Waals surface area (Å²) in [6.45, 7) is 6.07. The van der Waals surface area contributed by atoms with E-state index in [4.69, 9.17) is 18.7 Å². The summed E-state index contributed by atoms with van der Waals surface area (Å²) >= 11 is 0. The van der Waals surface area contributed by atoms with E-state index in [0.717, 1.165) is 0 Å². The van der Waals surface area contributed by atoms with Crippen LogP contribution in [0.3, 0.4) is 0 Å².